The van der Waals surface area contributed by atoms with Crippen LogP contribution in [0.2, 0.25) is 0 Å². The van der Waals surface area contributed by atoms with Gasteiger partial charge in [-0.05, 0) is 19.4 Å². The molecule has 1 rings (SSSR count). The highest BCUT2D eigenvalue weighted by Gasteiger charge is 2.09. The van der Waals surface area contributed by atoms with Gasteiger partial charge in [-0.3, -0.25) is 0 Å². The average Bonchev–Trinajstić information content (AvgIpc) is 2.14. The molecule has 1 fully saturated rings. The Kier molecular flexibility index (Phi) is 1.77. The molecule has 39 valence electrons. The zero-order valence-electron chi connectivity index (χ0n) is 4.11. The molecular formula is C5H8NS. The smallest absolute Gasteiger partial charge is 0.0477 e. The van der Waals surface area contributed by atoms with E-state index in [1.165, 1.54) is 12.8 Å². The van der Waals surface area contributed by atoms with E-state index < -0.39 is 0 Å². The molecule has 1 heterocycles. The van der Waals surface area contributed by atoms with Crippen LogP contribution >= 0.6 is 12.2 Å². The minimum Gasteiger partial charge on any atom is -0.309 e. The molecule has 1 N–H and O–H groups in total. The van der Waals surface area contributed by atoms with Crippen molar-refractivity contribution < 1.29 is 0 Å². The monoisotopic (exact) mass is 114 g/mol. The lowest BCUT2D eigenvalue weighted by Gasteiger charge is -1.95. The van der Waals surface area contributed by atoms with E-state index in [1.807, 2.05) is 0 Å². The largest absolute Gasteiger partial charge is 0.309 e. The van der Waals surface area contributed by atoms with Gasteiger partial charge < -0.3 is 5.32 Å². The molecule has 1 saturated heterocycles. The highest BCUT2D eigenvalue weighted by Crippen LogP contribution is 2.01. The standard InChI is InChI=1S/C5H8NS/c7-4-5-2-1-3-6-5/h5-6H,1-3H2. The maximum absolute atomic E-state index is 4.60. The SMILES string of the molecule is S=[C]C1CCCN1. The molecule has 0 aromatic heterocycles. The van der Waals surface area contributed by atoms with E-state index in [1.54, 1.807) is 0 Å². The maximum atomic E-state index is 4.60. The van der Waals surface area contributed by atoms with Crippen LogP contribution in [0.1, 0.15) is 12.8 Å². The topological polar surface area (TPSA) is 12.0 Å². The van der Waals surface area contributed by atoms with E-state index in [-0.39, 0.29) is 0 Å². The van der Waals surface area contributed by atoms with Gasteiger partial charge in [0.2, 0.25) is 0 Å². The summed E-state index contributed by atoms with van der Waals surface area (Å²) in [5, 5.41) is 5.93. The molecule has 2 heteroatoms. The van der Waals surface area contributed by atoms with Crippen molar-refractivity contribution in [2.24, 2.45) is 0 Å². The first kappa shape index (κ1) is 5.19. The van der Waals surface area contributed by atoms with Crippen LogP contribution in [-0.2, 0) is 0 Å². The summed E-state index contributed by atoms with van der Waals surface area (Å²) in [7, 11) is 0. The minimum absolute atomic E-state index is 0.412. The van der Waals surface area contributed by atoms with E-state index in [0.29, 0.717) is 6.04 Å². The lowest BCUT2D eigenvalue weighted by Crippen LogP contribution is -2.21. The number of hydrogen-bond acceptors (Lipinski definition) is 2. The van der Waals surface area contributed by atoms with Gasteiger partial charge in [-0.15, -0.1) is 0 Å². The lowest BCUT2D eigenvalue weighted by atomic mass is 10.3. The molecule has 0 aromatic carbocycles. The first-order chi connectivity index (χ1) is 3.43. The number of rotatable bonds is 1. The molecule has 1 atom stereocenters. The molecule has 0 spiro atoms. The molecule has 1 radical (unpaired) electrons. The molecule has 0 bridgehead atoms. The normalized spacial score (nSPS) is 30.6. The van der Waals surface area contributed by atoms with Gasteiger partial charge in [-0.2, -0.15) is 0 Å². The first-order valence-electron chi connectivity index (χ1n) is 2.54. The van der Waals surface area contributed by atoms with Crippen molar-refractivity contribution in [3.63, 3.8) is 0 Å². The first-order valence-corrected chi connectivity index (χ1v) is 2.95. The summed E-state index contributed by atoms with van der Waals surface area (Å²) in [4.78, 5) is 0. The van der Waals surface area contributed by atoms with E-state index in [9.17, 15) is 0 Å². The Morgan fingerprint density at radius 1 is 1.71 bits per heavy atom. The van der Waals surface area contributed by atoms with Crippen LogP contribution in [0.5, 0.6) is 0 Å². The second kappa shape index (κ2) is 2.38. The van der Waals surface area contributed by atoms with Gasteiger partial charge in [0, 0.05) is 11.4 Å². The van der Waals surface area contributed by atoms with Gasteiger partial charge >= 0.3 is 0 Å². The van der Waals surface area contributed by atoms with Crippen LogP contribution in [0.15, 0.2) is 0 Å². The predicted molar refractivity (Wildman–Crippen MR) is 33.6 cm³/mol. The van der Waals surface area contributed by atoms with Crippen molar-refractivity contribution in [3.8, 4) is 0 Å². The molecule has 1 aliphatic rings. The number of thiocarbonyl (C=S) groups is 1. The van der Waals surface area contributed by atoms with Gasteiger partial charge in [0.1, 0.15) is 0 Å². The number of nitrogens with one attached hydrogen (secondary N) is 1. The summed E-state index contributed by atoms with van der Waals surface area (Å²) in [6.45, 7) is 1.12. The molecule has 1 nitrogen and oxygen atoms in total. The van der Waals surface area contributed by atoms with Crippen molar-refractivity contribution >= 4 is 17.6 Å². The second-order valence-electron chi connectivity index (χ2n) is 1.77. The Labute approximate surface area is 49.1 Å². The van der Waals surface area contributed by atoms with Crippen molar-refractivity contribution in [3.05, 3.63) is 0 Å². The molecule has 0 aliphatic carbocycles. The van der Waals surface area contributed by atoms with Crippen LogP contribution in [0.3, 0.4) is 0 Å². The van der Waals surface area contributed by atoms with Gasteiger partial charge in [0.05, 0.1) is 0 Å². The highest BCUT2D eigenvalue weighted by atomic mass is 32.1. The third kappa shape index (κ3) is 1.21. The molecule has 1 aliphatic heterocycles. The van der Waals surface area contributed by atoms with Crippen LogP contribution < -0.4 is 5.32 Å². The predicted octanol–water partition coefficient (Wildman–Crippen LogP) is 0.615. The summed E-state index contributed by atoms with van der Waals surface area (Å²) in [5.41, 5.74) is 0. The lowest BCUT2D eigenvalue weighted by molar-refractivity contribution is 0.781. The third-order valence-electron chi connectivity index (χ3n) is 1.20. The van der Waals surface area contributed by atoms with Crippen LogP contribution in [-0.4, -0.2) is 18.0 Å². The van der Waals surface area contributed by atoms with Gasteiger partial charge in [-0.1, -0.05) is 12.2 Å². The fraction of sp³-hybridized carbons (Fsp3) is 0.800. The Hall–Kier alpha value is 0.0500. The van der Waals surface area contributed by atoms with Crippen LogP contribution in [0.25, 0.3) is 0 Å². The molecule has 7 heavy (non-hydrogen) atoms. The fourth-order valence-electron chi connectivity index (χ4n) is 0.785. The van der Waals surface area contributed by atoms with E-state index in [4.69, 9.17) is 0 Å². The summed E-state index contributed by atoms with van der Waals surface area (Å²) in [6.07, 6.45) is 2.44. The molecule has 0 saturated carbocycles. The van der Waals surface area contributed by atoms with Crippen LogP contribution in [0, 0.1) is 0 Å². The Morgan fingerprint density at radius 3 is 2.86 bits per heavy atom. The van der Waals surface area contributed by atoms with Gasteiger partial charge in [0.15, 0.2) is 0 Å². The number of hydrogen-bond donors (Lipinski definition) is 1. The summed E-state index contributed by atoms with van der Waals surface area (Å²) in [5.74, 6) is 0. The van der Waals surface area contributed by atoms with E-state index in [0.717, 1.165) is 6.54 Å². The third-order valence-corrected chi connectivity index (χ3v) is 1.49. The van der Waals surface area contributed by atoms with Crippen molar-refractivity contribution in [1.82, 2.24) is 5.32 Å². The van der Waals surface area contributed by atoms with Crippen molar-refractivity contribution in [2.75, 3.05) is 6.54 Å². The zero-order chi connectivity index (χ0) is 5.11. The zero-order valence-corrected chi connectivity index (χ0v) is 4.92. The second-order valence-corrected chi connectivity index (χ2v) is 2.00. The van der Waals surface area contributed by atoms with Crippen LogP contribution in [0.4, 0.5) is 0 Å². The quantitative estimate of drug-likeness (QED) is 0.501. The Bertz CT molecular complexity index is 66.5. The van der Waals surface area contributed by atoms with E-state index in [2.05, 4.69) is 22.9 Å². The minimum atomic E-state index is 0.412. The molecule has 0 amide bonds. The molecule has 0 aromatic rings. The maximum Gasteiger partial charge on any atom is 0.0477 e. The van der Waals surface area contributed by atoms with E-state index >= 15 is 0 Å². The van der Waals surface area contributed by atoms with Gasteiger partial charge in [-0.25, -0.2) is 0 Å². The summed E-state index contributed by atoms with van der Waals surface area (Å²) < 4.78 is 0. The van der Waals surface area contributed by atoms with Crippen molar-refractivity contribution in [1.29, 1.82) is 0 Å². The summed E-state index contributed by atoms with van der Waals surface area (Å²) in [6, 6.07) is 0.412. The Balaban J connectivity index is 2.26. The fourth-order valence-corrected chi connectivity index (χ4v) is 0.986. The van der Waals surface area contributed by atoms with Gasteiger partial charge in [0.25, 0.3) is 0 Å². The van der Waals surface area contributed by atoms with Crippen molar-refractivity contribution in [2.45, 2.75) is 18.9 Å². The molecule has 1 unspecified atom stereocenters. The molecular weight excluding hydrogens is 106 g/mol. The summed E-state index contributed by atoms with van der Waals surface area (Å²) >= 11 is 4.60. The Morgan fingerprint density at radius 2 is 2.57 bits per heavy atom. The highest BCUT2D eigenvalue weighted by molar-refractivity contribution is 7.79. The average molecular weight is 114 g/mol.